The summed E-state index contributed by atoms with van der Waals surface area (Å²) in [5.74, 6) is 0.548. The van der Waals surface area contributed by atoms with Crippen LogP contribution in [0.1, 0.15) is 16.2 Å². The standard InChI is InChI=1S/C8H11N3O2/c1-5-2-7(10-13-5)8(12)11-3-6(9)4-11/h2,6H,3-4,9H2,1H3. The SMILES string of the molecule is Cc1cc(C(=O)N2CC(N)C2)no1. The predicted octanol–water partition coefficient (Wildman–Crippen LogP) is -0.234. The van der Waals surface area contributed by atoms with Gasteiger partial charge >= 0.3 is 0 Å². The zero-order chi connectivity index (χ0) is 9.42. The summed E-state index contributed by atoms with van der Waals surface area (Å²) in [6.45, 7) is 2.99. The number of hydrogen-bond acceptors (Lipinski definition) is 4. The number of aromatic nitrogens is 1. The summed E-state index contributed by atoms with van der Waals surface area (Å²) in [6, 6.07) is 1.75. The van der Waals surface area contributed by atoms with E-state index in [4.69, 9.17) is 10.3 Å². The average Bonchev–Trinajstić information content (AvgIpc) is 2.45. The second-order valence-corrected chi connectivity index (χ2v) is 3.29. The van der Waals surface area contributed by atoms with Gasteiger partial charge in [-0.3, -0.25) is 4.79 Å². The molecule has 0 radical (unpaired) electrons. The van der Waals surface area contributed by atoms with Crippen LogP contribution in [0.25, 0.3) is 0 Å². The Labute approximate surface area is 75.5 Å². The number of carbonyl (C=O) groups is 1. The van der Waals surface area contributed by atoms with Gasteiger partial charge in [0.2, 0.25) is 0 Å². The molecule has 0 bridgehead atoms. The van der Waals surface area contributed by atoms with Gasteiger partial charge in [0.1, 0.15) is 5.76 Å². The van der Waals surface area contributed by atoms with Gasteiger partial charge in [-0.15, -0.1) is 0 Å². The molecule has 2 rings (SSSR count). The van der Waals surface area contributed by atoms with E-state index in [-0.39, 0.29) is 11.9 Å². The van der Waals surface area contributed by atoms with Crippen molar-refractivity contribution in [3.8, 4) is 0 Å². The quantitative estimate of drug-likeness (QED) is 0.649. The Balaban J connectivity index is 2.06. The Morgan fingerprint density at radius 3 is 2.92 bits per heavy atom. The summed E-state index contributed by atoms with van der Waals surface area (Å²) in [4.78, 5) is 13.2. The van der Waals surface area contributed by atoms with Crippen LogP contribution < -0.4 is 5.73 Å². The van der Waals surface area contributed by atoms with Gasteiger partial charge in [-0.05, 0) is 6.92 Å². The highest BCUT2D eigenvalue weighted by atomic mass is 16.5. The molecule has 0 saturated carbocycles. The van der Waals surface area contributed by atoms with Crippen LogP contribution in [0.5, 0.6) is 0 Å². The molecule has 0 atom stereocenters. The van der Waals surface area contributed by atoms with E-state index in [2.05, 4.69) is 5.16 Å². The fourth-order valence-corrected chi connectivity index (χ4v) is 1.31. The molecule has 1 aliphatic rings. The molecule has 2 heterocycles. The van der Waals surface area contributed by atoms with E-state index in [0.717, 1.165) is 0 Å². The Bertz CT molecular complexity index is 328. The third kappa shape index (κ3) is 1.42. The maximum absolute atomic E-state index is 11.5. The third-order valence-electron chi connectivity index (χ3n) is 2.04. The maximum Gasteiger partial charge on any atom is 0.276 e. The van der Waals surface area contributed by atoms with Crippen molar-refractivity contribution in [2.24, 2.45) is 5.73 Å². The molecular formula is C8H11N3O2. The minimum absolute atomic E-state index is 0.0986. The summed E-state index contributed by atoms with van der Waals surface area (Å²) in [6.07, 6.45) is 0. The van der Waals surface area contributed by atoms with Gasteiger partial charge in [0.15, 0.2) is 5.69 Å². The van der Waals surface area contributed by atoms with Crippen molar-refractivity contribution in [1.29, 1.82) is 0 Å². The monoisotopic (exact) mass is 181 g/mol. The molecule has 13 heavy (non-hydrogen) atoms. The summed E-state index contributed by atoms with van der Waals surface area (Å²) in [7, 11) is 0. The van der Waals surface area contributed by atoms with Crippen LogP contribution in [0, 0.1) is 6.92 Å². The van der Waals surface area contributed by atoms with Crippen molar-refractivity contribution >= 4 is 5.91 Å². The van der Waals surface area contributed by atoms with Gasteiger partial charge < -0.3 is 15.2 Å². The fraction of sp³-hybridized carbons (Fsp3) is 0.500. The number of nitrogens with zero attached hydrogens (tertiary/aromatic N) is 2. The number of nitrogens with two attached hydrogens (primary N) is 1. The van der Waals surface area contributed by atoms with Crippen LogP contribution in [0.3, 0.4) is 0 Å². The van der Waals surface area contributed by atoms with E-state index in [1.807, 2.05) is 0 Å². The average molecular weight is 181 g/mol. The van der Waals surface area contributed by atoms with Crippen LogP contribution in [0.2, 0.25) is 0 Å². The molecule has 5 nitrogen and oxygen atoms in total. The fourth-order valence-electron chi connectivity index (χ4n) is 1.31. The molecule has 1 aromatic heterocycles. The van der Waals surface area contributed by atoms with Crippen LogP contribution in [0.15, 0.2) is 10.6 Å². The van der Waals surface area contributed by atoms with Gasteiger partial charge in [0.25, 0.3) is 5.91 Å². The topological polar surface area (TPSA) is 72.4 Å². The lowest BCUT2D eigenvalue weighted by Crippen LogP contribution is -2.57. The van der Waals surface area contributed by atoms with Crippen molar-refractivity contribution in [2.75, 3.05) is 13.1 Å². The zero-order valence-electron chi connectivity index (χ0n) is 7.36. The second kappa shape index (κ2) is 2.85. The lowest BCUT2D eigenvalue weighted by atomic mass is 10.1. The normalized spacial score (nSPS) is 17.2. The largest absolute Gasteiger partial charge is 0.361 e. The van der Waals surface area contributed by atoms with E-state index in [1.165, 1.54) is 0 Å². The first-order chi connectivity index (χ1) is 6.16. The van der Waals surface area contributed by atoms with Crippen molar-refractivity contribution in [3.05, 3.63) is 17.5 Å². The molecule has 0 aliphatic carbocycles. The molecule has 1 aliphatic heterocycles. The van der Waals surface area contributed by atoms with Crippen LogP contribution in [0.4, 0.5) is 0 Å². The molecule has 5 heteroatoms. The van der Waals surface area contributed by atoms with Gasteiger partial charge in [0, 0.05) is 25.2 Å². The number of carbonyl (C=O) groups excluding carboxylic acids is 1. The first-order valence-electron chi connectivity index (χ1n) is 4.15. The van der Waals surface area contributed by atoms with Gasteiger partial charge in [-0.1, -0.05) is 5.16 Å². The smallest absolute Gasteiger partial charge is 0.276 e. The highest BCUT2D eigenvalue weighted by molar-refractivity contribution is 5.92. The molecule has 2 N–H and O–H groups in total. The van der Waals surface area contributed by atoms with Crippen LogP contribution >= 0.6 is 0 Å². The Morgan fingerprint density at radius 2 is 2.46 bits per heavy atom. The van der Waals surface area contributed by atoms with Crippen LogP contribution in [-0.2, 0) is 0 Å². The number of likely N-dealkylation sites (tertiary alicyclic amines) is 1. The van der Waals surface area contributed by atoms with E-state index in [9.17, 15) is 4.79 Å². The van der Waals surface area contributed by atoms with E-state index in [1.54, 1.807) is 17.9 Å². The number of rotatable bonds is 1. The Hall–Kier alpha value is -1.36. The van der Waals surface area contributed by atoms with E-state index < -0.39 is 0 Å². The third-order valence-corrected chi connectivity index (χ3v) is 2.04. The van der Waals surface area contributed by atoms with Crippen LogP contribution in [-0.4, -0.2) is 35.1 Å². The summed E-state index contributed by atoms with van der Waals surface area (Å²) < 4.78 is 4.80. The van der Waals surface area contributed by atoms with Crippen molar-refractivity contribution in [2.45, 2.75) is 13.0 Å². The van der Waals surface area contributed by atoms with Crippen molar-refractivity contribution < 1.29 is 9.32 Å². The lowest BCUT2D eigenvalue weighted by Gasteiger charge is -2.36. The minimum Gasteiger partial charge on any atom is -0.361 e. The molecule has 1 fully saturated rings. The molecule has 70 valence electrons. The molecule has 0 aromatic carbocycles. The first-order valence-corrected chi connectivity index (χ1v) is 4.15. The zero-order valence-corrected chi connectivity index (χ0v) is 7.36. The molecular weight excluding hydrogens is 170 g/mol. The summed E-state index contributed by atoms with van der Waals surface area (Å²) in [5, 5.41) is 3.64. The number of hydrogen-bond donors (Lipinski definition) is 1. The van der Waals surface area contributed by atoms with E-state index >= 15 is 0 Å². The molecule has 1 aromatic rings. The molecule has 1 saturated heterocycles. The van der Waals surface area contributed by atoms with Gasteiger partial charge in [0.05, 0.1) is 0 Å². The number of aryl methyl sites for hydroxylation is 1. The van der Waals surface area contributed by atoms with Gasteiger partial charge in [-0.25, -0.2) is 0 Å². The highest BCUT2D eigenvalue weighted by Crippen LogP contribution is 2.11. The minimum atomic E-state index is -0.0986. The lowest BCUT2D eigenvalue weighted by molar-refractivity contribution is 0.0597. The Morgan fingerprint density at radius 1 is 1.77 bits per heavy atom. The van der Waals surface area contributed by atoms with Crippen molar-refractivity contribution in [3.63, 3.8) is 0 Å². The van der Waals surface area contributed by atoms with E-state index in [0.29, 0.717) is 24.5 Å². The first kappa shape index (κ1) is 8.25. The second-order valence-electron chi connectivity index (χ2n) is 3.29. The Kier molecular flexibility index (Phi) is 1.81. The van der Waals surface area contributed by atoms with Crippen molar-refractivity contribution in [1.82, 2.24) is 10.1 Å². The van der Waals surface area contributed by atoms with Gasteiger partial charge in [-0.2, -0.15) is 0 Å². The summed E-state index contributed by atoms with van der Waals surface area (Å²) >= 11 is 0. The maximum atomic E-state index is 11.5. The number of amides is 1. The highest BCUT2D eigenvalue weighted by Gasteiger charge is 2.29. The summed E-state index contributed by atoms with van der Waals surface area (Å²) in [5.41, 5.74) is 5.92. The molecule has 0 unspecified atom stereocenters. The molecule has 1 amide bonds. The molecule has 0 spiro atoms. The predicted molar refractivity (Wildman–Crippen MR) is 45.1 cm³/mol.